The van der Waals surface area contributed by atoms with Crippen molar-refractivity contribution < 1.29 is 9.53 Å². The first-order valence-corrected chi connectivity index (χ1v) is 8.82. The quantitative estimate of drug-likeness (QED) is 0.292. The molecule has 0 bridgehead atoms. The fourth-order valence-electron chi connectivity index (χ4n) is 2.87. The van der Waals surface area contributed by atoms with Gasteiger partial charge in [-0.25, -0.2) is 4.79 Å². The summed E-state index contributed by atoms with van der Waals surface area (Å²) < 4.78 is 5.32. The van der Waals surface area contributed by atoms with Crippen molar-refractivity contribution in [2.45, 2.75) is 64.5 Å². The summed E-state index contributed by atoms with van der Waals surface area (Å²) >= 11 is 0. The third kappa shape index (κ3) is 7.90. The molecule has 1 heterocycles. The van der Waals surface area contributed by atoms with Gasteiger partial charge < -0.3 is 20.3 Å². The molecule has 2 N–H and O–H groups in total. The Kier molecular flexibility index (Phi) is 8.59. The van der Waals surface area contributed by atoms with Crippen molar-refractivity contribution in [2.24, 2.45) is 10.9 Å². The van der Waals surface area contributed by atoms with Gasteiger partial charge in [0.15, 0.2) is 5.96 Å². The van der Waals surface area contributed by atoms with E-state index in [1.54, 1.807) is 0 Å². The van der Waals surface area contributed by atoms with E-state index < -0.39 is 5.60 Å². The van der Waals surface area contributed by atoms with Crippen LogP contribution in [0.1, 0.15) is 52.9 Å². The number of amides is 1. The molecule has 1 aliphatic heterocycles. The van der Waals surface area contributed by atoms with Crippen LogP contribution in [0.15, 0.2) is 4.99 Å². The number of rotatable bonds is 5. The van der Waals surface area contributed by atoms with Crippen LogP contribution in [-0.4, -0.2) is 55.3 Å². The normalized spacial score (nSPS) is 21.2. The maximum atomic E-state index is 11.8. The van der Waals surface area contributed by atoms with E-state index in [2.05, 4.69) is 20.5 Å². The van der Waals surface area contributed by atoms with E-state index in [0.717, 1.165) is 37.9 Å². The van der Waals surface area contributed by atoms with Gasteiger partial charge in [-0.2, -0.15) is 0 Å². The molecule has 2 aliphatic rings. The molecule has 1 saturated heterocycles. The zero-order chi connectivity index (χ0) is 16.9. The monoisotopic (exact) mass is 452 g/mol. The van der Waals surface area contributed by atoms with Crippen LogP contribution in [0, 0.1) is 5.92 Å². The van der Waals surface area contributed by atoms with Gasteiger partial charge in [0, 0.05) is 26.7 Å². The second-order valence-corrected chi connectivity index (χ2v) is 7.64. The van der Waals surface area contributed by atoms with Crippen molar-refractivity contribution in [3.8, 4) is 0 Å². The van der Waals surface area contributed by atoms with Gasteiger partial charge in [0.2, 0.25) is 0 Å². The van der Waals surface area contributed by atoms with Crippen molar-refractivity contribution in [1.29, 1.82) is 0 Å². The predicted octanol–water partition coefficient (Wildman–Crippen LogP) is 2.97. The van der Waals surface area contributed by atoms with Crippen LogP contribution in [0.5, 0.6) is 0 Å². The Hall–Kier alpha value is -0.730. The summed E-state index contributed by atoms with van der Waals surface area (Å²) in [6, 6.07) is 0.120. The number of guanidine groups is 1. The SMILES string of the molecule is CN=C(NCCCC1CC1)N1CCC(NC(=O)OC(C)(C)C)C1.I. The number of nitrogens with one attached hydrogen (secondary N) is 2. The topological polar surface area (TPSA) is 66.0 Å². The van der Waals surface area contributed by atoms with Crippen molar-refractivity contribution in [2.75, 3.05) is 26.7 Å². The van der Waals surface area contributed by atoms with E-state index in [4.69, 9.17) is 4.74 Å². The van der Waals surface area contributed by atoms with Gasteiger partial charge in [0.25, 0.3) is 0 Å². The van der Waals surface area contributed by atoms with Crippen LogP contribution >= 0.6 is 24.0 Å². The minimum Gasteiger partial charge on any atom is -0.444 e. The first-order chi connectivity index (χ1) is 10.9. The van der Waals surface area contributed by atoms with Crippen LogP contribution in [-0.2, 0) is 4.74 Å². The van der Waals surface area contributed by atoms with Gasteiger partial charge in [-0.05, 0) is 46.0 Å². The number of hydrogen-bond acceptors (Lipinski definition) is 3. The molecular weight excluding hydrogens is 419 g/mol. The highest BCUT2D eigenvalue weighted by Gasteiger charge is 2.28. The summed E-state index contributed by atoms with van der Waals surface area (Å²) in [6.45, 7) is 8.29. The fraction of sp³-hybridized carbons (Fsp3) is 0.882. The minimum atomic E-state index is -0.457. The number of likely N-dealkylation sites (tertiary alicyclic amines) is 1. The lowest BCUT2D eigenvalue weighted by atomic mass is 10.2. The lowest BCUT2D eigenvalue weighted by Crippen LogP contribution is -2.44. The first kappa shape index (κ1) is 21.3. The fourth-order valence-corrected chi connectivity index (χ4v) is 2.87. The lowest BCUT2D eigenvalue weighted by Gasteiger charge is -2.23. The molecule has 0 aromatic rings. The highest BCUT2D eigenvalue weighted by atomic mass is 127. The highest BCUT2D eigenvalue weighted by molar-refractivity contribution is 14.0. The number of hydrogen-bond donors (Lipinski definition) is 2. The number of alkyl carbamates (subject to hydrolysis) is 1. The Morgan fingerprint density at radius 2 is 2.00 bits per heavy atom. The summed E-state index contributed by atoms with van der Waals surface area (Å²) in [5, 5.41) is 6.39. The molecule has 2 fully saturated rings. The van der Waals surface area contributed by atoms with Crippen molar-refractivity contribution in [3.05, 3.63) is 0 Å². The average Bonchev–Trinajstić information content (AvgIpc) is 3.16. The van der Waals surface area contributed by atoms with E-state index in [-0.39, 0.29) is 36.1 Å². The van der Waals surface area contributed by atoms with Crippen molar-refractivity contribution in [1.82, 2.24) is 15.5 Å². The summed E-state index contributed by atoms with van der Waals surface area (Å²) in [6.07, 6.45) is 5.95. The summed E-state index contributed by atoms with van der Waals surface area (Å²) in [5.74, 6) is 1.92. The number of halogens is 1. The number of carbonyl (C=O) groups is 1. The molecule has 0 radical (unpaired) electrons. The Morgan fingerprint density at radius 3 is 2.58 bits per heavy atom. The van der Waals surface area contributed by atoms with Gasteiger partial charge in [-0.15, -0.1) is 24.0 Å². The van der Waals surface area contributed by atoms with E-state index in [1.807, 2.05) is 27.8 Å². The molecule has 1 aliphatic carbocycles. The molecule has 1 amide bonds. The summed E-state index contributed by atoms with van der Waals surface area (Å²) in [7, 11) is 1.82. The van der Waals surface area contributed by atoms with Gasteiger partial charge >= 0.3 is 6.09 Å². The molecule has 6 nitrogen and oxygen atoms in total. The van der Waals surface area contributed by atoms with Crippen LogP contribution in [0.3, 0.4) is 0 Å². The highest BCUT2D eigenvalue weighted by Crippen LogP contribution is 2.33. The third-order valence-corrected chi connectivity index (χ3v) is 4.19. The lowest BCUT2D eigenvalue weighted by molar-refractivity contribution is 0.0507. The number of carbonyl (C=O) groups excluding carboxylic acids is 1. The van der Waals surface area contributed by atoms with E-state index in [1.165, 1.54) is 25.7 Å². The molecule has 2 rings (SSSR count). The minimum absolute atomic E-state index is 0. The Morgan fingerprint density at radius 1 is 1.29 bits per heavy atom. The summed E-state index contributed by atoms with van der Waals surface area (Å²) in [5.41, 5.74) is -0.457. The third-order valence-electron chi connectivity index (χ3n) is 4.19. The molecule has 0 spiro atoms. The van der Waals surface area contributed by atoms with E-state index in [0.29, 0.717) is 0 Å². The molecule has 0 aromatic carbocycles. The largest absolute Gasteiger partial charge is 0.444 e. The van der Waals surface area contributed by atoms with Gasteiger partial charge in [0.05, 0.1) is 6.04 Å². The smallest absolute Gasteiger partial charge is 0.407 e. The van der Waals surface area contributed by atoms with Gasteiger partial charge in [-0.1, -0.05) is 12.8 Å². The standard InChI is InChI=1S/C17H32N4O2.HI/c1-17(2,3)23-16(22)20-14-9-11-21(12-14)15(18-4)19-10-5-6-13-7-8-13;/h13-14H,5-12H2,1-4H3,(H,18,19)(H,20,22);1H. The first-order valence-electron chi connectivity index (χ1n) is 8.82. The molecular formula is C17H33IN4O2. The summed E-state index contributed by atoms with van der Waals surface area (Å²) in [4.78, 5) is 18.4. The van der Waals surface area contributed by atoms with Gasteiger partial charge in [-0.3, -0.25) is 4.99 Å². The Labute approximate surface area is 163 Å². The molecule has 7 heteroatoms. The predicted molar refractivity (Wildman–Crippen MR) is 108 cm³/mol. The van der Waals surface area contributed by atoms with Crippen LogP contribution in [0.25, 0.3) is 0 Å². The Balaban J connectivity index is 0.00000288. The molecule has 1 atom stereocenters. The molecule has 0 aromatic heterocycles. The van der Waals surface area contributed by atoms with Crippen molar-refractivity contribution in [3.63, 3.8) is 0 Å². The number of nitrogens with zero attached hydrogens (tertiary/aromatic N) is 2. The molecule has 140 valence electrons. The molecule has 1 saturated carbocycles. The van der Waals surface area contributed by atoms with E-state index >= 15 is 0 Å². The van der Waals surface area contributed by atoms with Gasteiger partial charge in [0.1, 0.15) is 5.60 Å². The maximum Gasteiger partial charge on any atom is 0.407 e. The van der Waals surface area contributed by atoms with Crippen LogP contribution in [0.4, 0.5) is 4.79 Å². The van der Waals surface area contributed by atoms with Crippen LogP contribution in [0.2, 0.25) is 0 Å². The van der Waals surface area contributed by atoms with Crippen molar-refractivity contribution >= 4 is 36.0 Å². The second-order valence-electron chi connectivity index (χ2n) is 7.64. The number of ether oxygens (including phenoxy) is 1. The molecule has 1 unspecified atom stereocenters. The Bertz CT molecular complexity index is 433. The zero-order valence-electron chi connectivity index (χ0n) is 15.4. The van der Waals surface area contributed by atoms with E-state index in [9.17, 15) is 4.79 Å². The van der Waals surface area contributed by atoms with Crippen LogP contribution < -0.4 is 10.6 Å². The zero-order valence-corrected chi connectivity index (χ0v) is 17.8. The average molecular weight is 452 g/mol. The maximum absolute atomic E-state index is 11.8. The molecule has 24 heavy (non-hydrogen) atoms. The second kappa shape index (κ2) is 9.68. The number of aliphatic imine (C=N–C) groups is 1.